The highest BCUT2D eigenvalue weighted by molar-refractivity contribution is 6.07. The van der Waals surface area contributed by atoms with Crippen LogP contribution in [0.15, 0.2) is 48.5 Å². The van der Waals surface area contributed by atoms with Crippen molar-refractivity contribution in [3.8, 4) is 6.07 Å². The van der Waals surface area contributed by atoms with Gasteiger partial charge >= 0.3 is 12.2 Å². The number of nitrogens with one attached hydrogen (secondary N) is 2. The standard InChI is InChI=1S/C16H10F3N3O2/c17-16(18,19)13-8-12(7-6-11(13)9-20)21-15(24)22-14(23)10-4-2-1-3-5-10/h1-8H,(H2,21,22,23,24). The zero-order valence-electron chi connectivity index (χ0n) is 12.0. The molecule has 2 aromatic carbocycles. The highest BCUT2D eigenvalue weighted by Gasteiger charge is 2.34. The lowest BCUT2D eigenvalue weighted by Gasteiger charge is -2.12. The van der Waals surface area contributed by atoms with E-state index in [1.165, 1.54) is 18.2 Å². The van der Waals surface area contributed by atoms with E-state index in [0.717, 1.165) is 12.1 Å². The number of imide groups is 1. The van der Waals surface area contributed by atoms with Crippen LogP contribution in [0.2, 0.25) is 0 Å². The molecule has 0 heterocycles. The van der Waals surface area contributed by atoms with Gasteiger partial charge in [-0.05, 0) is 30.3 Å². The number of anilines is 1. The minimum atomic E-state index is -4.74. The second-order valence-corrected chi connectivity index (χ2v) is 4.64. The maximum atomic E-state index is 12.9. The van der Waals surface area contributed by atoms with E-state index in [2.05, 4.69) is 5.32 Å². The minimum Gasteiger partial charge on any atom is -0.308 e. The first-order valence-electron chi connectivity index (χ1n) is 6.60. The summed E-state index contributed by atoms with van der Waals surface area (Å²) in [7, 11) is 0. The molecule has 2 rings (SSSR count). The molecule has 3 amide bonds. The van der Waals surface area contributed by atoms with Gasteiger partial charge in [-0.2, -0.15) is 18.4 Å². The van der Waals surface area contributed by atoms with Gasteiger partial charge in [0.15, 0.2) is 0 Å². The molecule has 0 unspecified atom stereocenters. The summed E-state index contributed by atoms with van der Waals surface area (Å²) in [5, 5.41) is 12.8. The van der Waals surface area contributed by atoms with Crippen molar-refractivity contribution >= 4 is 17.6 Å². The molecule has 0 saturated heterocycles. The van der Waals surface area contributed by atoms with Gasteiger partial charge in [-0.1, -0.05) is 18.2 Å². The van der Waals surface area contributed by atoms with Gasteiger partial charge in [0, 0.05) is 11.3 Å². The summed E-state index contributed by atoms with van der Waals surface area (Å²) < 4.78 is 38.6. The maximum absolute atomic E-state index is 12.9. The van der Waals surface area contributed by atoms with Crippen molar-refractivity contribution in [2.75, 3.05) is 5.32 Å². The second kappa shape index (κ2) is 6.83. The predicted octanol–water partition coefficient (Wildman–Crippen LogP) is 3.54. The van der Waals surface area contributed by atoms with Gasteiger partial charge in [0.1, 0.15) is 0 Å². The maximum Gasteiger partial charge on any atom is 0.417 e. The van der Waals surface area contributed by atoms with Crippen LogP contribution >= 0.6 is 0 Å². The van der Waals surface area contributed by atoms with Crippen molar-refractivity contribution < 1.29 is 22.8 Å². The highest BCUT2D eigenvalue weighted by Crippen LogP contribution is 2.33. The number of rotatable bonds is 2. The molecule has 0 aliphatic carbocycles. The van der Waals surface area contributed by atoms with Gasteiger partial charge in [0.2, 0.25) is 0 Å². The molecule has 0 aromatic heterocycles. The quantitative estimate of drug-likeness (QED) is 0.882. The zero-order valence-corrected chi connectivity index (χ0v) is 12.0. The first-order valence-corrected chi connectivity index (χ1v) is 6.60. The molecule has 0 bridgehead atoms. The zero-order chi connectivity index (χ0) is 17.7. The first kappa shape index (κ1) is 17.0. The Morgan fingerprint density at radius 2 is 1.71 bits per heavy atom. The molecule has 0 aliphatic rings. The monoisotopic (exact) mass is 333 g/mol. The number of urea groups is 1. The summed E-state index contributed by atoms with van der Waals surface area (Å²) >= 11 is 0. The Kier molecular flexibility index (Phi) is 4.84. The van der Waals surface area contributed by atoms with Crippen LogP contribution in [0.5, 0.6) is 0 Å². The molecule has 0 radical (unpaired) electrons. The average Bonchev–Trinajstić information content (AvgIpc) is 2.54. The molecule has 5 nitrogen and oxygen atoms in total. The number of carbonyl (C=O) groups excluding carboxylic acids is 2. The molecule has 2 aromatic rings. The molecule has 0 spiro atoms. The Balaban J connectivity index is 2.12. The summed E-state index contributed by atoms with van der Waals surface area (Å²) in [5.74, 6) is -0.696. The molecular formula is C16H10F3N3O2. The van der Waals surface area contributed by atoms with E-state index in [0.29, 0.717) is 6.07 Å². The third-order valence-electron chi connectivity index (χ3n) is 2.97. The van der Waals surface area contributed by atoms with Crippen LogP contribution in [0.1, 0.15) is 21.5 Å². The van der Waals surface area contributed by atoms with Gasteiger partial charge in [-0.25, -0.2) is 4.79 Å². The van der Waals surface area contributed by atoms with Gasteiger partial charge in [0.25, 0.3) is 5.91 Å². The van der Waals surface area contributed by atoms with Gasteiger partial charge in [-0.15, -0.1) is 0 Å². The number of halogens is 3. The highest BCUT2D eigenvalue weighted by atomic mass is 19.4. The van der Waals surface area contributed by atoms with Crippen LogP contribution in [0, 0.1) is 11.3 Å². The van der Waals surface area contributed by atoms with Gasteiger partial charge < -0.3 is 5.32 Å². The molecule has 2 N–H and O–H groups in total. The normalized spacial score (nSPS) is 10.6. The number of benzene rings is 2. The summed E-state index contributed by atoms with van der Waals surface area (Å²) in [6.45, 7) is 0. The smallest absolute Gasteiger partial charge is 0.308 e. The number of alkyl halides is 3. The Hall–Kier alpha value is -3.34. The molecule has 0 aliphatic heterocycles. The van der Waals surface area contributed by atoms with Crippen molar-refractivity contribution in [1.82, 2.24) is 5.32 Å². The van der Waals surface area contributed by atoms with Gasteiger partial charge in [0.05, 0.1) is 17.2 Å². The Morgan fingerprint density at radius 1 is 1.04 bits per heavy atom. The van der Waals surface area contributed by atoms with E-state index in [9.17, 15) is 22.8 Å². The molecule has 122 valence electrons. The van der Waals surface area contributed by atoms with E-state index in [1.807, 2.05) is 5.32 Å². The van der Waals surface area contributed by atoms with E-state index in [-0.39, 0.29) is 11.3 Å². The van der Waals surface area contributed by atoms with Crippen molar-refractivity contribution in [1.29, 1.82) is 5.26 Å². The Morgan fingerprint density at radius 3 is 2.29 bits per heavy atom. The Bertz CT molecular complexity index is 812. The number of nitriles is 1. The lowest BCUT2D eigenvalue weighted by molar-refractivity contribution is -0.137. The van der Waals surface area contributed by atoms with E-state index in [4.69, 9.17) is 5.26 Å². The van der Waals surface area contributed by atoms with E-state index in [1.54, 1.807) is 18.2 Å². The number of hydrogen-bond acceptors (Lipinski definition) is 3. The fraction of sp³-hybridized carbons (Fsp3) is 0.0625. The van der Waals surface area contributed by atoms with Crippen molar-refractivity contribution in [3.63, 3.8) is 0 Å². The summed E-state index contributed by atoms with van der Waals surface area (Å²) in [6, 6.07) is 11.0. The third kappa shape index (κ3) is 4.10. The average molecular weight is 333 g/mol. The van der Waals surface area contributed by atoms with E-state index >= 15 is 0 Å². The fourth-order valence-corrected chi connectivity index (χ4v) is 1.88. The number of hydrogen-bond donors (Lipinski definition) is 2. The van der Waals surface area contributed by atoms with Crippen LogP contribution in [-0.4, -0.2) is 11.9 Å². The van der Waals surface area contributed by atoms with Crippen LogP contribution in [0.4, 0.5) is 23.7 Å². The summed E-state index contributed by atoms with van der Waals surface area (Å²) in [4.78, 5) is 23.5. The topological polar surface area (TPSA) is 82.0 Å². The molecule has 24 heavy (non-hydrogen) atoms. The van der Waals surface area contributed by atoms with Crippen LogP contribution in [0.25, 0.3) is 0 Å². The third-order valence-corrected chi connectivity index (χ3v) is 2.97. The number of nitrogens with zero attached hydrogens (tertiary/aromatic N) is 1. The summed E-state index contributed by atoms with van der Waals surface area (Å²) in [6.07, 6.45) is -4.74. The lowest BCUT2D eigenvalue weighted by atomic mass is 10.1. The largest absolute Gasteiger partial charge is 0.417 e. The van der Waals surface area contributed by atoms with Gasteiger partial charge in [-0.3, -0.25) is 10.1 Å². The number of amides is 3. The second-order valence-electron chi connectivity index (χ2n) is 4.64. The van der Waals surface area contributed by atoms with Crippen molar-refractivity contribution in [2.24, 2.45) is 0 Å². The molecule has 0 saturated carbocycles. The van der Waals surface area contributed by atoms with Crippen LogP contribution < -0.4 is 10.6 Å². The van der Waals surface area contributed by atoms with Crippen LogP contribution in [-0.2, 0) is 6.18 Å². The Labute approximate surface area is 134 Å². The van der Waals surface area contributed by atoms with E-state index < -0.39 is 29.2 Å². The molecule has 0 atom stereocenters. The first-order chi connectivity index (χ1) is 11.3. The predicted molar refractivity (Wildman–Crippen MR) is 79.1 cm³/mol. The van der Waals surface area contributed by atoms with Crippen LogP contribution in [0.3, 0.4) is 0 Å². The van der Waals surface area contributed by atoms with Crippen molar-refractivity contribution in [3.05, 3.63) is 65.2 Å². The molecule has 8 heteroatoms. The molecule has 0 fully saturated rings. The molecular weight excluding hydrogens is 323 g/mol. The lowest BCUT2D eigenvalue weighted by Crippen LogP contribution is -2.34. The SMILES string of the molecule is N#Cc1ccc(NC(=O)NC(=O)c2ccccc2)cc1C(F)(F)F. The fourth-order valence-electron chi connectivity index (χ4n) is 1.88. The van der Waals surface area contributed by atoms with Crippen molar-refractivity contribution in [2.45, 2.75) is 6.18 Å². The minimum absolute atomic E-state index is 0.195. The summed E-state index contributed by atoms with van der Waals surface area (Å²) in [5.41, 5.74) is -1.70. The number of carbonyl (C=O) groups is 2.